The summed E-state index contributed by atoms with van der Waals surface area (Å²) in [5.74, 6) is -0.365. The van der Waals surface area contributed by atoms with E-state index in [1.165, 1.54) is 4.90 Å². The molecule has 1 amide bonds. The van der Waals surface area contributed by atoms with Gasteiger partial charge in [0.2, 0.25) is 0 Å². The molecule has 1 unspecified atom stereocenters. The molecule has 3 aromatic carbocycles. The Hall–Kier alpha value is -4.26. The lowest BCUT2D eigenvalue weighted by atomic mass is 9.94. The number of rotatable bonds is 9. The molecule has 7 nitrogen and oxygen atoms in total. The molecule has 38 heavy (non-hydrogen) atoms. The molecular weight excluding hydrogens is 480 g/mol. The molecule has 1 fully saturated rings. The largest absolute Gasteiger partial charge is 0.507 e. The van der Waals surface area contributed by atoms with Crippen molar-refractivity contribution in [3.05, 3.63) is 89.0 Å². The van der Waals surface area contributed by atoms with E-state index in [1.807, 2.05) is 70.1 Å². The molecule has 1 saturated heterocycles. The molecule has 4 rings (SSSR count). The second-order valence-corrected chi connectivity index (χ2v) is 9.41. The molecular formula is C31H34N2O5. The number of hydrogen-bond donors (Lipinski definition) is 1. The zero-order chi connectivity index (χ0) is 27.4. The van der Waals surface area contributed by atoms with Crippen LogP contribution in [0.1, 0.15) is 43.0 Å². The molecule has 0 radical (unpaired) electrons. The smallest absolute Gasteiger partial charge is 0.300 e. The lowest BCUT2D eigenvalue weighted by molar-refractivity contribution is -0.132. The van der Waals surface area contributed by atoms with E-state index >= 15 is 0 Å². The van der Waals surface area contributed by atoms with Crippen LogP contribution in [-0.2, 0) is 9.59 Å². The van der Waals surface area contributed by atoms with Gasteiger partial charge in [-0.05, 0) is 73.9 Å². The maximum atomic E-state index is 13.5. The van der Waals surface area contributed by atoms with Gasteiger partial charge in [0, 0.05) is 37.1 Å². The number of aliphatic hydroxyl groups is 1. The van der Waals surface area contributed by atoms with Crippen LogP contribution < -0.4 is 19.3 Å². The van der Waals surface area contributed by atoms with Crippen molar-refractivity contribution in [2.45, 2.75) is 33.2 Å². The van der Waals surface area contributed by atoms with Crippen LogP contribution >= 0.6 is 0 Å². The van der Waals surface area contributed by atoms with Crippen LogP contribution in [0, 0.1) is 6.92 Å². The lowest BCUT2D eigenvalue weighted by Gasteiger charge is -2.26. The SMILES string of the molecule is CCCOc1cccc(N2C(=O)C(=O)/C(=C(/O)c3ccc(OCC)c(C)c3)C2c2ccc(N(C)C)cc2)c1. The van der Waals surface area contributed by atoms with Gasteiger partial charge in [0.05, 0.1) is 24.8 Å². The number of hydrogen-bond acceptors (Lipinski definition) is 6. The lowest BCUT2D eigenvalue weighted by Crippen LogP contribution is -2.29. The van der Waals surface area contributed by atoms with E-state index in [-0.39, 0.29) is 11.3 Å². The first kappa shape index (κ1) is 26.8. The summed E-state index contributed by atoms with van der Waals surface area (Å²) in [5.41, 5.74) is 3.50. The molecule has 1 atom stereocenters. The van der Waals surface area contributed by atoms with Crippen molar-refractivity contribution in [1.82, 2.24) is 0 Å². The predicted molar refractivity (Wildman–Crippen MR) is 150 cm³/mol. The van der Waals surface area contributed by atoms with Crippen LogP contribution in [0.5, 0.6) is 11.5 Å². The van der Waals surface area contributed by atoms with Crippen LogP contribution in [0.2, 0.25) is 0 Å². The number of Topliss-reactive ketones (excluding diaryl/α,β-unsaturated/α-hetero) is 1. The number of carbonyl (C=O) groups is 2. The Morgan fingerprint density at radius 2 is 1.71 bits per heavy atom. The third-order valence-corrected chi connectivity index (χ3v) is 6.49. The second kappa shape index (κ2) is 11.4. The summed E-state index contributed by atoms with van der Waals surface area (Å²) in [6, 6.07) is 19.2. The summed E-state index contributed by atoms with van der Waals surface area (Å²) < 4.78 is 11.4. The highest BCUT2D eigenvalue weighted by molar-refractivity contribution is 6.51. The number of benzene rings is 3. The first-order chi connectivity index (χ1) is 18.3. The Morgan fingerprint density at radius 1 is 0.974 bits per heavy atom. The number of nitrogens with zero attached hydrogens (tertiary/aromatic N) is 2. The van der Waals surface area contributed by atoms with E-state index in [4.69, 9.17) is 9.47 Å². The van der Waals surface area contributed by atoms with E-state index in [2.05, 4.69) is 0 Å². The zero-order valence-corrected chi connectivity index (χ0v) is 22.5. The summed E-state index contributed by atoms with van der Waals surface area (Å²) in [7, 11) is 3.88. The van der Waals surface area contributed by atoms with E-state index in [1.54, 1.807) is 36.4 Å². The average Bonchev–Trinajstić information content (AvgIpc) is 3.18. The van der Waals surface area contributed by atoms with Crippen LogP contribution in [0.3, 0.4) is 0 Å². The van der Waals surface area contributed by atoms with Gasteiger partial charge >= 0.3 is 0 Å². The third-order valence-electron chi connectivity index (χ3n) is 6.49. The number of carbonyl (C=O) groups excluding carboxylic acids is 2. The molecule has 0 bridgehead atoms. The van der Waals surface area contributed by atoms with Gasteiger partial charge in [-0.2, -0.15) is 0 Å². The number of amides is 1. The fourth-order valence-electron chi connectivity index (χ4n) is 4.58. The highest BCUT2D eigenvalue weighted by atomic mass is 16.5. The van der Waals surface area contributed by atoms with E-state index < -0.39 is 17.7 Å². The Morgan fingerprint density at radius 3 is 2.34 bits per heavy atom. The molecule has 1 N–H and O–H groups in total. The van der Waals surface area contributed by atoms with Gasteiger partial charge in [0.15, 0.2) is 0 Å². The maximum absolute atomic E-state index is 13.5. The highest BCUT2D eigenvalue weighted by Crippen LogP contribution is 2.43. The second-order valence-electron chi connectivity index (χ2n) is 9.41. The summed E-state index contributed by atoms with van der Waals surface area (Å²) in [4.78, 5) is 30.4. The van der Waals surface area contributed by atoms with Crippen LogP contribution in [-0.4, -0.2) is 44.1 Å². The first-order valence-electron chi connectivity index (χ1n) is 12.8. The van der Waals surface area contributed by atoms with Crippen molar-refractivity contribution in [3.63, 3.8) is 0 Å². The molecule has 0 aromatic heterocycles. The topological polar surface area (TPSA) is 79.3 Å². The number of aliphatic hydroxyl groups excluding tert-OH is 1. The van der Waals surface area contributed by atoms with Crippen LogP contribution in [0.4, 0.5) is 11.4 Å². The van der Waals surface area contributed by atoms with E-state index in [0.29, 0.717) is 41.5 Å². The normalized spacial score (nSPS) is 16.6. The standard InChI is InChI=1S/C31H34N2O5/c1-6-17-38-25-10-8-9-24(19-25)33-28(21-11-14-23(15-12-21)32(4)5)27(30(35)31(33)36)29(34)22-13-16-26(37-7-2)20(3)18-22/h8-16,18-19,28,34H,6-7,17H2,1-5H3/b29-27+. The summed E-state index contributed by atoms with van der Waals surface area (Å²) in [5, 5.41) is 11.5. The summed E-state index contributed by atoms with van der Waals surface area (Å²) in [6.45, 7) is 6.84. The van der Waals surface area contributed by atoms with Crippen molar-refractivity contribution in [1.29, 1.82) is 0 Å². The van der Waals surface area contributed by atoms with Crippen LogP contribution in [0.25, 0.3) is 5.76 Å². The minimum atomic E-state index is -0.820. The van der Waals surface area contributed by atoms with Gasteiger partial charge in [-0.25, -0.2) is 0 Å². The Bertz CT molecular complexity index is 1360. The van der Waals surface area contributed by atoms with Gasteiger partial charge in [-0.1, -0.05) is 25.1 Å². The van der Waals surface area contributed by atoms with Gasteiger partial charge < -0.3 is 19.5 Å². The molecule has 1 aliphatic rings. The van der Waals surface area contributed by atoms with Crippen molar-refractivity contribution < 1.29 is 24.2 Å². The predicted octanol–water partition coefficient (Wildman–Crippen LogP) is 5.87. The van der Waals surface area contributed by atoms with Crippen molar-refractivity contribution in [2.24, 2.45) is 0 Å². The fourth-order valence-corrected chi connectivity index (χ4v) is 4.58. The van der Waals surface area contributed by atoms with Gasteiger partial charge in [0.25, 0.3) is 11.7 Å². The molecule has 1 aliphatic heterocycles. The maximum Gasteiger partial charge on any atom is 0.300 e. The van der Waals surface area contributed by atoms with E-state index in [0.717, 1.165) is 17.7 Å². The summed E-state index contributed by atoms with van der Waals surface area (Å²) >= 11 is 0. The van der Waals surface area contributed by atoms with Crippen molar-refractivity contribution >= 4 is 28.8 Å². The first-order valence-corrected chi connectivity index (χ1v) is 12.8. The van der Waals surface area contributed by atoms with Gasteiger partial charge in [-0.3, -0.25) is 14.5 Å². The number of ether oxygens (including phenoxy) is 2. The Balaban J connectivity index is 1.88. The van der Waals surface area contributed by atoms with Crippen molar-refractivity contribution in [3.8, 4) is 11.5 Å². The molecule has 7 heteroatoms. The minimum Gasteiger partial charge on any atom is -0.507 e. The molecule has 0 saturated carbocycles. The third kappa shape index (κ3) is 5.23. The highest BCUT2D eigenvalue weighted by Gasteiger charge is 2.47. The van der Waals surface area contributed by atoms with Gasteiger partial charge in [0.1, 0.15) is 17.3 Å². The monoisotopic (exact) mass is 514 g/mol. The quantitative estimate of drug-likeness (QED) is 0.218. The number of anilines is 2. The fraction of sp³-hybridized carbons (Fsp3) is 0.290. The van der Waals surface area contributed by atoms with Crippen LogP contribution in [0.15, 0.2) is 72.3 Å². The van der Waals surface area contributed by atoms with Crippen molar-refractivity contribution in [2.75, 3.05) is 37.1 Å². The number of ketones is 1. The molecule has 198 valence electrons. The average molecular weight is 515 g/mol. The summed E-state index contributed by atoms with van der Waals surface area (Å²) in [6.07, 6.45) is 0.842. The Labute approximate surface area is 223 Å². The van der Waals surface area contributed by atoms with Gasteiger partial charge in [-0.15, -0.1) is 0 Å². The Kier molecular flexibility index (Phi) is 8.05. The molecule has 1 heterocycles. The molecule has 3 aromatic rings. The zero-order valence-electron chi connectivity index (χ0n) is 22.5. The van der Waals surface area contributed by atoms with E-state index in [9.17, 15) is 14.7 Å². The number of aryl methyl sites for hydroxylation is 1. The molecule has 0 aliphatic carbocycles. The minimum absolute atomic E-state index is 0.0380. The molecule has 0 spiro atoms.